The number of phenols is 1. The summed E-state index contributed by atoms with van der Waals surface area (Å²) in [7, 11) is 1.21. The minimum Gasteiger partial charge on any atom is -0.504 e. The van der Waals surface area contributed by atoms with E-state index in [4.69, 9.17) is 18.9 Å². The van der Waals surface area contributed by atoms with Gasteiger partial charge in [-0.05, 0) is 125 Å². The Labute approximate surface area is 377 Å². The highest BCUT2D eigenvalue weighted by Gasteiger charge is 2.36. The van der Waals surface area contributed by atoms with Gasteiger partial charge in [-0.3, -0.25) is 9.59 Å². The van der Waals surface area contributed by atoms with E-state index in [0.29, 0.717) is 29.4 Å². The highest BCUT2D eigenvalue weighted by Crippen LogP contribution is 2.45. The Hall–Kier alpha value is -4.97. The molecular weight excluding hydrogens is 1010 g/mol. The molecule has 3 amide bonds. The molecule has 8 rings (SSSR count). The first kappa shape index (κ1) is 43.1. The molecule has 3 aliphatic rings. The number of alkyl carbamates (subject to hydrolysis) is 1. The van der Waals surface area contributed by atoms with Crippen LogP contribution in [0.3, 0.4) is 0 Å². The van der Waals surface area contributed by atoms with Crippen LogP contribution in [0, 0.1) is 3.57 Å². The Balaban J connectivity index is 1.23. The molecule has 5 aromatic carbocycles. The number of carbonyl (C=O) groups excluding carboxylic acids is 4. The fourth-order valence-corrected chi connectivity index (χ4v) is 9.48. The molecule has 0 spiro atoms. The number of hydrogen-bond acceptors (Lipinski definition) is 9. The Morgan fingerprint density at radius 2 is 1.48 bits per heavy atom. The molecule has 0 saturated heterocycles. The van der Waals surface area contributed by atoms with E-state index >= 15 is 0 Å². The van der Waals surface area contributed by atoms with Gasteiger partial charge in [0.2, 0.25) is 11.8 Å². The Morgan fingerprint density at radius 1 is 0.867 bits per heavy atom. The summed E-state index contributed by atoms with van der Waals surface area (Å²) in [6.07, 6.45) is -1.90. The lowest BCUT2D eigenvalue weighted by Crippen LogP contribution is -2.60. The zero-order valence-electron chi connectivity index (χ0n) is 32.4. The first-order valence-corrected chi connectivity index (χ1v) is 21.7. The number of rotatable bonds is 8. The molecule has 4 bridgehead atoms. The third-order valence-corrected chi connectivity index (χ3v) is 12.4. The van der Waals surface area contributed by atoms with Crippen LogP contribution in [-0.2, 0) is 48.0 Å². The number of benzene rings is 5. The lowest BCUT2D eigenvalue weighted by Gasteiger charge is -2.28. The Morgan fingerprint density at radius 3 is 2.13 bits per heavy atom. The van der Waals surface area contributed by atoms with E-state index in [1.807, 2.05) is 101 Å². The van der Waals surface area contributed by atoms with E-state index in [9.17, 15) is 24.3 Å². The lowest BCUT2D eigenvalue weighted by atomic mass is 9.98. The molecule has 2 aliphatic heterocycles. The second kappa shape index (κ2) is 19.2. The minimum absolute atomic E-state index is 0.000408. The molecule has 60 heavy (non-hydrogen) atoms. The molecule has 0 unspecified atom stereocenters. The first-order chi connectivity index (χ1) is 28.9. The molecule has 5 aromatic rings. The fourth-order valence-electron chi connectivity index (χ4n) is 7.37. The smallest absolute Gasteiger partial charge is 0.407 e. The highest BCUT2D eigenvalue weighted by atomic mass is 127. The molecule has 0 fully saturated rings. The molecule has 12 nitrogen and oxygen atoms in total. The van der Waals surface area contributed by atoms with Gasteiger partial charge in [0.1, 0.15) is 24.7 Å². The van der Waals surface area contributed by atoms with Crippen molar-refractivity contribution in [2.75, 3.05) is 13.7 Å². The van der Waals surface area contributed by atoms with Crippen LogP contribution in [0.15, 0.2) is 112 Å². The normalized spacial score (nSPS) is 18.2. The standard InChI is InChI=1S/C45H40Br2IN3O9/c1-24(58-22-25-10-4-3-5-11-25)39-43(54)49-37(44(55)57-2)20-26-16-33(46)41(34(47)17-26)60-38-21-27(18-35(48)40(38)52)19-36(42(53)51-39)50-45(56)59-23-32-30-14-8-6-12-28(30)29-13-7-9-15-31(29)32/h3-18,21,24,32,36-37,39,52H,19-20,22-23H2,1-2H3,(H,49,54)(H,50,56)(H,51,53)/t24-,36+,37+,39+/m1/s1. The van der Waals surface area contributed by atoms with Crippen molar-refractivity contribution in [2.45, 2.75) is 56.5 Å². The lowest BCUT2D eigenvalue weighted by molar-refractivity contribution is -0.146. The zero-order valence-corrected chi connectivity index (χ0v) is 37.7. The first-order valence-electron chi connectivity index (χ1n) is 19.0. The maximum absolute atomic E-state index is 14.5. The van der Waals surface area contributed by atoms with E-state index < -0.39 is 48.1 Å². The summed E-state index contributed by atoms with van der Waals surface area (Å²) in [5.74, 6) is -2.15. The van der Waals surface area contributed by atoms with Gasteiger partial charge in [-0.15, -0.1) is 0 Å². The number of carbonyl (C=O) groups is 4. The largest absolute Gasteiger partial charge is 0.504 e. The predicted octanol–water partition coefficient (Wildman–Crippen LogP) is 8.07. The highest BCUT2D eigenvalue weighted by molar-refractivity contribution is 14.1. The van der Waals surface area contributed by atoms with E-state index in [-0.39, 0.29) is 43.5 Å². The topological polar surface area (TPSA) is 162 Å². The van der Waals surface area contributed by atoms with Crippen LogP contribution in [0.1, 0.15) is 40.7 Å². The van der Waals surface area contributed by atoms with Crippen LogP contribution in [0.5, 0.6) is 17.2 Å². The van der Waals surface area contributed by atoms with E-state index in [1.165, 1.54) is 7.11 Å². The molecule has 0 aromatic heterocycles. The number of esters is 1. The van der Waals surface area contributed by atoms with Crippen molar-refractivity contribution in [3.8, 4) is 28.4 Å². The summed E-state index contributed by atoms with van der Waals surface area (Å²) in [6.45, 7) is 1.75. The second-order valence-electron chi connectivity index (χ2n) is 14.4. The number of hydrogen-bond donors (Lipinski definition) is 4. The predicted molar refractivity (Wildman–Crippen MR) is 239 cm³/mol. The maximum atomic E-state index is 14.5. The van der Waals surface area contributed by atoms with Crippen molar-refractivity contribution in [3.63, 3.8) is 0 Å². The number of fused-ring (bicyclic) bond motifs is 13. The molecule has 4 atom stereocenters. The minimum atomic E-state index is -1.35. The maximum Gasteiger partial charge on any atom is 0.407 e. The third kappa shape index (κ3) is 9.80. The van der Waals surface area contributed by atoms with Gasteiger partial charge < -0.3 is 40.0 Å². The number of phenolic OH excluding ortho intramolecular Hbond substituents is 1. The average Bonchev–Trinajstić information content (AvgIpc) is 3.56. The molecule has 4 N–H and O–H groups in total. The molecule has 1 aliphatic carbocycles. The average molecular weight is 1050 g/mol. The quantitative estimate of drug-likeness (QED) is 0.0891. The molecular formula is C45H40Br2IN3O9. The van der Waals surface area contributed by atoms with Crippen molar-refractivity contribution < 1.29 is 43.2 Å². The summed E-state index contributed by atoms with van der Waals surface area (Å²) >= 11 is 9.08. The van der Waals surface area contributed by atoms with Crippen LogP contribution < -0.4 is 20.7 Å². The SMILES string of the molecule is COC(=O)[C@@H]1Cc2cc(Br)c(c(Br)c2)Oc2cc(cc(I)c2O)C[C@H](NC(=O)OCC2c3ccccc3-c3ccccc32)C(=O)N[C@@H]([C@@H](C)OCc2ccccc2)C(=O)N1. The second-order valence-corrected chi connectivity index (χ2v) is 17.3. The van der Waals surface area contributed by atoms with Crippen molar-refractivity contribution >= 4 is 78.3 Å². The Bertz CT molecular complexity index is 2370. The molecule has 15 heteroatoms. The van der Waals surface area contributed by atoms with Crippen molar-refractivity contribution in [2.24, 2.45) is 0 Å². The van der Waals surface area contributed by atoms with Gasteiger partial charge in [0.05, 0.1) is 32.3 Å². The molecule has 0 radical (unpaired) electrons. The van der Waals surface area contributed by atoms with Crippen LogP contribution in [-0.4, -0.2) is 66.9 Å². The summed E-state index contributed by atoms with van der Waals surface area (Å²) in [5.41, 5.74) is 6.13. The van der Waals surface area contributed by atoms with E-state index in [1.54, 1.807) is 31.2 Å². The zero-order chi connectivity index (χ0) is 42.5. The summed E-state index contributed by atoms with van der Waals surface area (Å²) in [4.78, 5) is 55.7. The van der Waals surface area contributed by atoms with Crippen LogP contribution in [0.2, 0.25) is 0 Å². The number of nitrogens with one attached hydrogen (secondary N) is 3. The van der Waals surface area contributed by atoms with E-state index in [2.05, 4.69) is 47.8 Å². The van der Waals surface area contributed by atoms with Crippen LogP contribution >= 0.6 is 54.5 Å². The van der Waals surface area contributed by atoms with Gasteiger partial charge in [0.25, 0.3) is 0 Å². The summed E-state index contributed by atoms with van der Waals surface area (Å²) in [5, 5.41) is 19.4. The van der Waals surface area contributed by atoms with Gasteiger partial charge in [-0.1, -0.05) is 78.9 Å². The number of halogens is 3. The van der Waals surface area contributed by atoms with Crippen molar-refractivity contribution in [1.82, 2.24) is 16.0 Å². The number of ether oxygens (including phenoxy) is 4. The van der Waals surface area contributed by atoms with Gasteiger partial charge >= 0.3 is 12.1 Å². The molecule has 310 valence electrons. The monoisotopic (exact) mass is 1050 g/mol. The van der Waals surface area contributed by atoms with Crippen molar-refractivity contribution in [1.29, 1.82) is 0 Å². The number of amides is 3. The summed E-state index contributed by atoms with van der Waals surface area (Å²) in [6, 6.07) is 28.1. The Kier molecular flexibility index (Phi) is 13.8. The van der Waals surface area contributed by atoms with Gasteiger partial charge in [0.15, 0.2) is 17.2 Å². The van der Waals surface area contributed by atoms with Gasteiger partial charge in [-0.25, -0.2) is 9.59 Å². The number of methoxy groups -OCH3 is 1. The molecule has 0 saturated carbocycles. The third-order valence-electron chi connectivity index (χ3n) is 10.4. The van der Waals surface area contributed by atoms with Gasteiger partial charge in [0, 0.05) is 18.8 Å². The molecule has 2 heterocycles. The van der Waals surface area contributed by atoms with Gasteiger partial charge in [-0.2, -0.15) is 0 Å². The number of aromatic hydroxyl groups is 1. The summed E-state index contributed by atoms with van der Waals surface area (Å²) < 4.78 is 24.7. The van der Waals surface area contributed by atoms with Crippen LogP contribution in [0.25, 0.3) is 11.1 Å². The van der Waals surface area contributed by atoms with Crippen LogP contribution in [0.4, 0.5) is 4.79 Å². The fraction of sp³-hybridized carbons (Fsp3) is 0.244. The van der Waals surface area contributed by atoms with Crippen molar-refractivity contribution in [3.05, 3.63) is 143 Å². The van der Waals surface area contributed by atoms with E-state index in [0.717, 1.165) is 27.8 Å².